The Bertz CT molecular complexity index is 901. The third-order valence-electron chi connectivity index (χ3n) is 4.76. The minimum Gasteiger partial charge on any atom is -0.143 e. The molecule has 1 aliphatic carbocycles. The van der Waals surface area contributed by atoms with E-state index in [9.17, 15) is 0 Å². The molecule has 0 fully saturated rings. The molecule has 4 aromatic rings. The molecule has 3 heteroatoms. The van der Waals surface area contributed by atoms with Crippen LogP contribution in [0.15, 0.2) is 65.4 Å². The third kappa shape index (κ3) is 2.25. The lowest BCUT2D eigenvalue weighted by Crippen LogP contribution is -1.77. The van der Waals surface area contributed by atoms with Gasteiger partial charge < -0.3 is 0 Å². The van der Waals surface area contributed by atoms with E-state index in [1.54, 1.807) is 21.7 Å². The molecule has 3 heterocycles. The fraction of sp³-hybridized carbons (Fsp3) is 0.143. The fourth-order valence-corrected chi connectivity index (χ4v) is 8.92. The van der Waals surface area contributed by atoms with Gasteiger partial charge in [-0.15, -0.1) is 22.7 Å². The zero-order valence-corrected chi connectivity index (χ0v) is 15.8. The maximum absolute atomic E-state index is 2.33. The number of thiophene rings is 2. The molecule has 118 valence electrons. The quantitative estimate of drug-likeness (QED) is 0.351. The summed E-state index contributed by atoms with van der Waals surface area (Å²) in [7, 11) is -0.421. The zero-order valence-electron chi connectivity index (χ0n) is 13.2. The van der Waals surface area contributed by atoms with Crippen molar-refractivity contribution in [1.29, 1.82) is 0 Å². The largest absolute Gasteiger partial charge is 0.143 e. The van der Waals surface area contributed by atoms with Crippen molar-refractivity contribution in [3.8, 4) is 25.6 Å². The molecule has 0 radical (unpaired) electrons. The molecule has 3 aromatic heterocycles. The van der Waals surface area contributed by atoms with Crippen LogP contribution in [0.1, 0.15) is 17.5 Å². The summed E-state index contributed by atoms with van der Waals surface area (Å²) in [6, 6.07) is 20.2. The second kappa shape index (κ2) is 6.04. The second-order valence-electron chi connectivity index (χ2n) is 6.13. The molecule has 0 amide bonds. The molecule has 0 N–H and O–H groups in total. The van der Waals surface area contributed by atoms with Crippen LogP contribution in [0.3, 0.4) is 0 Å². The summed E-state index contributed by atoms with van der Waals surface area (Å²) in [6.07, 6.45) is 3.82. The molecular formula is C21H17PS2. The Morgan fingerprint density at radius 3 is 1.75 bits per heavy atom. The molecule has 0 nitrogen and oxygen atoms in total. The van der Waals surface area contributed by atoms with Crippen molar-refractivity contribution in [2.75, 3.05) is 0 Å². The average molecular weight is 364 g/mol. The Morgan fingerprint density at radius 1 is 0.667 bits per heavy atom. The van der Waals surface area contributed by atoms with Gasteiger partial charge in [0.05, 0.1) is 0 Å². The first-order valence-electron chi connectivity index (χ1n) is 8.33. The van der Waals surface area contributed by atoms with Crippen molar-refractivity contribution in [3.63, 3.8) is 0 Å². The van der Waals surface area contributed by atoms with Crippen LogP contribution in [0.25, 0.3) is 25.6 Å². The van der Waals surface area contributed by atoms with Gasteiger partial charge in [-0.2, -0.15) is 0 Å². The van der Waals surface area contributed by atoms with Crippen molar-refractivity contribution in [2.45, 2.75) is 19.3 Å². The van der Waals surface area contributed by atoms with Crippen molar-refractivity contribution in [2.24, 2.45) is 0 Å². The van der Waals surface area contributed by atoms with E-state index in [1.807, 2.05) is 22.7 Å². The normalized spacial score (nSPS) is 13.3. The summed E-state index contributed by atoms with van der Waals surface area (Å²) in [5.74, 6) is 0. The topological polar surface area (TPSA) is 0 Å². The highest BCUT2D eigenvalue weighted by molar-refractivity contribution is 7.64. The van der Waals surface area contributed by atoms with Crippen LogP contribution < -0.4 is 0 Å². The second-order valence-corrected chi connectivity index (χ2v) is 10.1. The van der Waals surface area contributed by atoms with Gasteiger partial charge in [0.1, 0.15) is 0 Å². The third-order valence-corrected chi connectivity index (χ3v) is 9.57. The predicted octanol–water partition coefficient (Wildman–Crippen LogP) is 7.61. The molecule has 5 rings (SSSR count). The first-order valence-corrected chi connectivity index (χ1v) is 11.4. The molecule has 1 aliphatic rings. The molecule has 1 aromatic carbocycles. The van der Waals surface area contributed by atoms with Crippen LogP contribution in [0, 0.1) is 0 Å². The molecule has 0 saturated heterocycles. The van der Waals surface area contributed by atoms with E-state index in [0.717, 1.165) is 0 Å². The highest BCUT2D eigenvalue weighted by Gasteiger charge is 2.29. The number of benzene rings is 1. The van der Waals surface area contributed by atoms with Crippen LogP contribution >= 0.6 is 30.2 Å². The minimum atomic E-state index is -0.421. The summed E-state index contributed by atoms with van der Waals surface area (Å²) < 4.78 is 0. The van der Waals surface area contributed by atoms with Gasteiger partial charge in [0.15, 0.2) is 0 Å². The van der Waals surface area contributed by atoms with E-state index in [2.05, 4.69) is 65.4 Å². The van der Waals surface area contributed by atoms with Crippen LogP contribution in [-0.2, 0) is 12.8 Å². The van der Waals surface area contributed by atoms with Gasteiger partial charge >= 0.3 is 0 Å². The molecule has 0 unspecified atom stereocenters. The van der Waals surface area contributed by atoms with E-state index >= 15 is 0 Å². The van der Waals surface area contributed by atoms with Gasteiger partial charge in [0.25, 0.3) is 0 Å². The summed E-state index contributed by atoms with van der Waals surface area (Å²) in [6.45, 7) is 0. The molecule has 24 heavy (non-hydrogen) atoms. The Hall–Kier alpha value is -1.60. The lowest BCUT2D eigenvalue weighted by atomic mass is 10.1. The number of rotatable bonds is 3. The molecular weight excluding hydrogens is 347 g/mol. The Morgan fingerprint density at radius 2 is 1.25 bits per heavy atom. The predicted molar refractivity (Wildman–Crippen MR) is 109 cm³/mol. The minimum absolute atomic E-state index is 0.421. The molecule has 0 spiro atoms. The van der Waals surface area contributed by atoms with Crippen molar-refractivity contribution in [3.05, 3.63) is 76.5 Å². The van der Waals surface area contributed by atoms with E-state index in [0.29, 0.717) is 0 Å². The van der Waals surface area contributed by atoms with Gasteiger partial charge in [0.2, 0.25) is 0 Å². The van der Waals surface area contributed by atoms with Gasteiger partial charge in [-0.3, -0.25) is 0 Å². The van der Waals surface area contributed by atoms with Gasteiger partial charge in [-0.05, 0) is 58.6 Å². The van der Waals surface area contributed by atoms with Crippen molar-refractivity contribution in [1.82, 2.24) is 0 Å². The van der Waals surface area contributed by atoms with Gasteiger partial charge in [0, 0.05) is 20.3 Å². The molecule has 0 aliphatic heterocycles. The highest BCUT2D eigenvalue weighted by atomic mass is 32.1. The van der Waals surface area contributed by atoms with Crippen LogP contribution in [-0.4, -0.2) is 0 Å². The van der Waals surface area contributed by atoms with Crippen LogP contribution in [0.4, 0.5) is 0 Å². The SMILES string of the molecule is c1ccc(-p2c(-c3cccs3)c3c(c2-c2cccs2)CCC3)cc1. The van der Waals surface area contributed by atoms with Crippen LogP contribution in [0.5, 0.6) is 0 Å². The molecule has 0 saturated carbocycles. The Kier molecular flexibility index (Phi) is 3.70. The van der Waals surface area contributed by atoms with E-state index in [4.69, 9.17) is 0 Å². The summed E-state index contributed by atoms with van der Waals surface area (Å²) in [5, 5.41) is 9.22. The first kappa shape index (κ1) is 14.7. The van der Waals surface area contributed by atoms with E-state index in [1.165, 1.54) is 34.3 Å². The summed E-state index contributed by atoms with van der Waals surface area (Å²) >= 11 is 3.80. The zero-order chi connectivity index (χ0) is 15.9. The standard InChI is InChI=1S/C21H17PS2/c1-2-7-15(8-3-1)22-20(18-11-5-13-23-18)16-9-4-10-17(16)21(22)19-12-6-14-24-19/h1-3,5-8,11-14H,4,9-10H2. The monoisotopic (exact) mass is 364 g/mol. The van der Waals surface area contributed by atoms with E-state index in [-0.39, 0.29) is 0 Å². The van der Waals surface area contributed by atoms with Gasteiger partial charge in [-0.1, -0.05) is 50.0 Å². The van der Waals surface area contributed by atoms with Gasteiger partial charge in [-0.25, -0.2) is 0 Å². The number of hydrogen-bond donors (Lipinski definition) is 0. The smallest absolute Gasteiger partial charge is 0.0388 e. The van der Waals surface area contributed by atoms with Crippen molar-refractivity contribution < 1.29 is 0 Å². The lowest BCUT2D eigenvalue weighted by Gasteiger charge is -2.11. The first-order chi connectivity index (χ1) is 11.9. The maximum atomic E-state index is 2.33. The number of fused-ring (bicyclic) bond motifs is 1. The van der Waals surface area contributed by atoms with Crippen molar-refractivity contribution >= 4 is 30.2 Å². The molecule has 0 bridgehead atoms. The number of hydrogen-bond acceptors (Lipinski definition) is 2. The lowest BCUT2D eigenvalue weighted by molar-refractivity contribution is 0.912. The Balaban J connectivity index is 1.89. The highest BCUT2D eigenvalue weighted by Crippen LogP contribution is 2.63. The Labute approximate surface area is 151 Å². The van der Waals surface area contributed by atoms with Crippen LogP contribution in [0.2, 0.25) is 0 Å². The average Bonchev–Trinajstić information content (AvgIpc) is 3.38. The summed E-state index contributed by atoms with van der Waals surface area (Å²) in [5.41, 5.74) is 3.33. The van der Waals surface area contributed by atoms with E-state index < -0.39 is 7.53 Å². The maximum Gasteiger partial charge on any atom is 0.0388 e. The molecule has 0 atom stereocenters. The fourth-order valence-electron chi connectivity index (χ4n) is 3.83. The summed E-state index contributed by atoms with van der Waals surface area (Å²) in [4.78, 5) is 2.96.